The number of hydrogen-bond acceptors (Lipinski definition) is 4. The molecule has 3 aromatic rings. The molecule has 2 aromatic heterocycles. The average Bonchev–Trinajstić information content (AvgIpc) is 3.21. The van der Waals surface area contributed by atoms with E-state index in [1.807, 2.05) is 52.8 Å². The molecule has 5 heteroatoms. The van der Waals surface area contributed by atoms with Gasteiger partial charge in [-0.1, -0.05) is 40.7 Å². The van der Waals surface area contributed by atoms with Crippen LogP contribution in [0, 0.1) is 24.2 Å². The Morgan fingerprint density at radius 1 is 1.21 bits per heavy atom. The Kier molecular flexibility index (Phi) is 7.39. The summed E-state index contributed by atoms with van der Waals surface area (Å²) < 4.78 is 8.05. The van der Waals surface area contributed by atoms with Crippen molar-refractivity contribution in [1.82, 2.24) is 9.55 Å². The third-order valence-corrected chi connectivity index (χ3v) is 6.83. The molecule has 5 nitrogen and oxygen atoms in total. The lowest BCUT2D eigenvalue weighted by molar-refractivity contribution is -0.107. The predicted molar refractivity (Wildman–Crippen MR) is 134 cm³/mol. The standard InChI is InChI=1S/C24H23N3O2.2C2H6/c1-14-6-5-9-29-24(14,3)19-11-21-22-17(13-27(21)23(28)15(19)2)10-18-16(12-25)7-4-8-20(18)26-22;2*1-2/h4,7-8,10-11,14H,5-6,9,13H2,1-3H3;2*1-2H3. The molecular weight excluding hydrogens is 410 g/mol. The maximum absolute atomic E-state index is 13.3. The van der Waals surface area contributed by atoms with Crippen molar-refractivity contribution >= 4 is 10.9 Å². The minimum Gasteiger partial charge on any atom is -0.370 e. The molecule has 4 heterocycles. The topological polar surface area (TPSA) is 67.9 Å². The van der Waals surface area contributed by atoms with Crippen LogP contribution in [0.2, 0.25) is 0 Å². The van der Waals surface area contributed by atoms with E-state index in [0.717, 1.165) is 58.4 Å². The number of hydrogen-bond donors (Lipinski definition) is 0. The van der Waals surface area contributed by atoms with Crippen LogP contribution in [0.25, 0.3) is 22.3 Å². The van der Waals surface area contributed by atoms with E-state index in [4.69, 9.17) is 9.72 Å². The van der Waals surface area contributed by atoms with Gasteiger partial charge in [-0.15, -0.1) is 0 Å². The van der Waals surface area contributed by atoms with Crippen LogP contribution in [0.3, 0.4) is 0 Å². The minimum absolute atomic E-state index is 0.0164. The van der Waals surface area contributed by atoms with Gasteiger partial charge in [0.25, 0.3) is 5.56 Å². The first-order valence-electron chi connectivity index (χ1n) is 12.2. The fourth-order valence-electron chi connectivity index (χ4n) is 4.90. The highest BCUT2D eigenvalue weighted by atomic mass is 16.5. The van der Waals surface area contributed by atoms with Gasteiger partial charge >= 0.3 is 0 Å². The van der Waals surface area contributed by atoms with Gasteiger partial charge in [0.15, 0.2) is 0 Å². The summed E-state index contributed by atoms with van der Waals surface area (Å²) in [7, 11) is 0. The van der Waals surface area contributed by atoms with E-state index < -0.39 is 5.60 Å². The summed E-state index contributed by atoms with van der Waals surface area (Å²) in [6, 6.07) is 11.9. The van der Waals surface area contributed by atoms with Crippen LogP contribution in [0.4, 0.5) is 0 Å². The second-order valence-corrected chi connectivity index (χ2v) is 8.44. The number of fused-ring (bicyclic) bond motifs is 4. The Bertz CT molecular complexity index is 1270. The monoisotopic (exact) mass is 445 g/mol. The zero-order valence-corrected chi connectivity index (χ0v) is 21.0. The molecule has 2 aliphatic rings. The summed E-state index contributed by atoms with van der Waals surface area (Å²) >= 11 is 0. The predicted octanol–water partition coefficient (Wildman–Crippen LogP) is 6.32. The summed E-state index contributed by atoms with van der Waals surface area (Å²) in [6.45, 7) is 15.4. The highest BCUT2D eigenvalue weighted by molar-refractivity contribution is 5.88. The molecule has 1 saturated heterocycles. The second kappa shape index (κ2) is 9.89. The molecular formula is C28H35N3O2. The molecule has 1 aromatic carbocycles. The fourth-order valence-corrected chi connectivity index (χ4v) is 4.90. The maximum atomic E-state index is 13.3. The molecule has 0 bridgehead atoms. The molecule has 0 spiro atoms. The lowest BCUT2D eigenvalue weighted by Gasteiger charge is -2.41. The van der Waals surface area contributed by atoms with Crippen LogP contribution >= 0.6 is 0 Å². The van der Waals surface area contributed by atoms with Crippen molar-refractivity contribution in [1.29, 1.82) is 5.26 Å². The van der Waals surface area contributed by atoms with Crippen LogP contribution in [-0.2, 0) is 16.9 Å². The van der Waals surface area contributed by atoms with Crippen LogP contribution in [0.5, 0.6) is 0 Å². The van der Waals surface area contributed by atoms with Crippen molar-refractivity contribution in [3.8, 4) is 17.5 Å². The number of nitrogens with zero attached hydrogens (tertiary/aromatic N) is 3. The normalized spacial score (nSPS) is 20.5. The van der Waals surface area contributed by atoms with Crippen LogP contribution in [0.15, 0.2) is 35.1 Å². The van der Waals surface area contributed by atoms with Gasteiger partial charge in [-0.25, -0.2) is 4.98 Å². The van der Waals surface area contributed by atoms with E-state index in [1.165, 1.54) is 0 Å². The van der Waals surface area contributed by atoms with Crippen molar-refractivity contribution in [3.05, 3.63) is 62.9 Å². The van der Waals surface area contributed by atoms with Gasteiger partial charge in [0.2, 0.25) is 0 Å². The van der Waals surface area contributed by atoms with E-state index in [1.54, 1.807) is 10.6 Å². The SMILES string of the molecule is CC.CC.Cc1c(C2(C)OCCCC2C)cc2n(c1=O)Cc1cc3c(C#N)cccc3nc1-2. The number of aromatic nitrogens is 2. The third-order valence-electron chi connectivity index (χ3n) is 6.83. The Labute approximate surface area is 197 Å². The third kappa shape index (κ3) is 3.98. The number of rotatable bonds is 1. The van der Waals surface area contributed by atoms with Gasteiger partial charge in [0, 0.05) is 23.1 Å². The number of pyridine rings is 2. The van der Waals surface area contributed by atoms with Gasteiger partial charge in [-0.05, 0) is 62.4 Å². The summed E-state index contributed by atoms with van der Waals surface area (Å²) in [5, 5.41) is 10.3. The number of nitriles is 1. The Morgan fingerprint density at radius 2 is 1.94 bits per heavy atom. The van der Waals surface area contributed by atoms with Crippen LogP contribution in [0.1, 0.15) is 76.6 Å². The summed E-state index contributed by atoms with van der Waals surface area (Å²) in [5.74, 6) is 0.334. The van der Waals surface area contributed by atoms with Gasteiger partial charge in [-0.3, -0.25) is 4.79 Å². The zero-order valence-electron chi connectivity index (χ0n) is 21.0. The van der Waals surface area contributed by atoms with Crippen molar-refractivity contribution in [2.45, 2.75) is 73.5 Å². The number of benzene rings is 1. The van der Waals surface area contributed by atoms with Crippen molar-refractivity contribution in [3.63, 3.8) is 0 Å². The minimum atomic E-state index is -0.468. The van der Waals surface area contributed by atoms with Crippen LogP contribution < -0.4 is 5.56 Å². The zero-order chi connectivity index (χ0) is 24.3. The lowest BCUT2D eigenvalue weighted by Crippen LogP contribution is -2.40. The molecule has 0 amide bonds. The summed E-state index contributed by atoms with van der Waals surface area (Å²) in [4.78, 5) is 18.1. The van der Waals surface area contributed by atoms with E-state index in [9.17, 15) is 10.1 Å². The first-order chi connectivity index (χ1) is 15.9. The number of ether oxygens (including phenoxy) is 1. The molecule has 0 radical (unpaired) electrons. The van der Waals surface area contributed by atoms with Crippen LogP contribution in [-0.4, -0.2) is 16.2 Å². The molecule has 0 aliphatic carbocycles. The van der Waals surface area contributed by atoms with Gasteiger partial charge in [0.1, 0.15) is 0 Å². The second-order valence-electron chi connectivity index (χ2n) is 8.44. The smallest absolute Gasteiger partial charge is 0.254 e. The van der Waals surface area contributed by atoms with E-state index in [0.29, 0.717) is 18.0 Å². The van der Waals surface area contributed by atoms with E-state index in [2.05, 4.69) is 26.0 Å². The molecule has 174 valence electrons. The van der Waals surface area contributed by atoms with Gasteiger partial charge in [-0.2, -0.15) is 5.26 Å². The first-order valence-corrected chi connectivity index (χ1v) is 12.2. The molecule has 0 saturated carbocycles. The molecule has 0 N–H and O–H groups in total. The largest absolute Gasteiger partial charge is 0.370 e. The highest BCUT2D eigenvalue weighted by Gasteiger charge is 2.39. The van der Waals surface area contributed by atoms with Gasteiger partial charge in [0.05, 0.1) is 40.7 Å². The summed E-state index contributed by atoms with van der Waals surface area (Å²) in [5.41, 5.74) is 5.32. The van der Waals surface area contributed by atoms with Crippen molar-refractivity contribution < 1.29 is 4.74 Å². The Morgan fingerprint density at radius 3 is 2.61 bits per heavy atom. The molecule has 1 fully saturated rings. The fraction of sp³-hybridized carbons (Fsp3) is 0.464. The lowest BCUT2D eigenvalue weighted by atomic mass is 9.78. The first kappa shape index (κ1) is 24.7. The maximum Gasteiger partial charge on any atom is 0.254 e. The Hall–Kier alpha value is -2.97. The molecule has 5 rings (SSSR count). The molecule has 2 aliphatic heterocycles. The van der Waals surface area contributed by atoms with Crippen molar-refractivity contribution in [2.75, 3.05) is 6.61 Å². The van der Waals surface area contributed by atoms with E-state index in [-0.39, 0.29) is 5.56 Å². The van der Waals surface area contributed by atoms with Gasteiger partial charge < -0.3 is 9.30 Å². The molecule has 33 heavy (non-hydrogen) atoms. The molecule has 2 unspecified atom stereocenters. The quantitative estimate of drug-likeness (QED) is 0.344. The Balaban J connectivity index is 0.000000728. The molecule has 2 atom stereocenters. The highest BCUT2D eigenvalue weighted by Crippen LogP contribution is 2.42. The van der Waals surface area contributed by atoms with E-state index >= 15 is 0 Å². The van der Waals surface area contributed by atoms with Crippen molar-refractivity contribution in [2.24, 2.45) is 5.92 Å². The average molecular weight is 446 g/mol. The summed E-state index contributed by atoms with van der Waals surface area (Å²) in [6.07, 6.45) is 2.14.